The molecule has 0 radical (unpaired) electrons. The largest absolute Gasteiger partial charge is 0.339 e. The lowest BCUT2D eigenvalue weighted by atomic mass is 10.2. The van der Waals surface area contributed by atoms with E-state index in [-0.39, 0.29) is 11.9 Å². The molecular formula is C15H21N5O2. The first-order chi connectivity index (χ1) is 10.7. The maximum atomic E-state index is 12.4. The topological polar surface area (TPSA) is 77.0 Å². The molecule has 2 aromatic rings. The fourth-order valence-electron chi connectivity index (χ4n) is 2.95. The Kier molecular flexibility index (Phi) is 4.50. The number of carbonyl (C=O) groups is 1. The van der Waals surface area contributed by atoms with E-state index in [2.05, 4.69) is 15.2 Å². The van der Waals surface area contributed by atoms with Gasteiger partial charge >= 0.3 is 0 Å². The van der Waals surface area contributed by atoms with Crippen LogP contribution in [-0.2, 0) is 17.8 Å². The molecule has 0 unspecified atom stereocenters. The van der Waals surface area contributed by atoms with Gasteiger partial charge in [-0.25, -0.2) is 0 Å². The van der Waals surface area contributed by atoms with Crippen LogP contribution in [0.1, 0.15) is 37.4 Å². The summed E-state index contributed by atoms with van der Waals surface area (Å²) in [5.41, 5.74) is 0. The van der Waals surface area contributed by atoms with Gasteiger partial charge in [0.1, 0.15) is 0 Å². The number of nitrogens with zero attached hydrogens (tertiary/aromatic N) is 5. The van der Waals surface area contributed by atoms with Crippen LogP contribution in [0.3, 0.4) is 0 Å². The van der Waals surface area contributed by atoms with Gasteiger partial charge in [-0.15, -0.1) is 0 Å². The van der Waals surface area contributed by atoms with Crippen molar-refractivity contribution >= 4 is 5.91 Å². The molecule has 7 nitrogen and oxygen atoms in total. The zero-order valence-electron chi connectivity index (χ0n) is 12.8. The van der Waals surface area contributed by atoms with Crippen molar-refractivity contribution in [2.24, 2.45) is 0 Å². The van der Waals surface area contributed by atoms with Crippen molar-refractivity contribution in [2.45, 2.75) is 51.6 Å². The molecule has 1 aliphatic heterocycles. The van der Waals surface area contributed by atoms with E-state index in [1.54, 1.807) is 13.1 Å². The summed E-state index contributed by atoms with van der Waals surface area (Å²) in [5, 5.41) is 7.98. The second kappa shape index (κ2) is 6.72. The summed E-state index contributed by atoms with van der Waals surface area (Å²) in [5.74, 6) is 1.46. The fraction of sp³-hybridized carbons (Fsp3) is 0.600. The number of carbonyl (C=O) groups excluding carboxylic acids is 1. The predicted molar refractivity (Wildman–Crippen MR) is 78.9 cm³/mol. The van der Waals surface area contributed by atoms with Crippen molar-refractivity contribution in [3.05, 3.63) is 30.2 Å². The van der Waals surface area contributed by atoms with Gasteiger partial charge in [-0.1, -0.05) is 5.16 Å². The minimum atomic E-state index is 0.214. The monoisotopic (exact) mass is 303 g/mol. The number of aromatic nitrogens is 4. The highest BCUT2D eigenvalue weighted by Crippen LogP contribution is 2.20. The van der Waals surface area contributed by atoms with Gasteiger partial charge in [0.05, 0.1) is 12.6 Å². The van der Waals surface area contributed by atoms with Crippen LogP contribution in [0, 0.1) is 6.92 Å². The SMILES string of the molecule is Cc1noc(CCCC(=O)N2CCC[C@@H]2Cn2cccn2)n1. The van der Waals surface area contributed by atoms with Crippen molar-refractivity contribution in [2.75, 3.05) is 6.54 Å². The molecule has 3 heterocycles. The molecular weight excluding hydrogens is 282 g/mol. The van der Waals surface area contributed by atoms with E-state index in [0.29, 0.717) is 24.6 Å². The van der Waals surface area contributed by atoms with Crippen LogP contribution < -0.4 is 0 Å². The molecule has 2 aromatic heterocycles. The summed E-state index contributed by atoms with van der Waals surface area (Å²) < 4.78 is 6.97. The summed E-state index contributed by atoms with van der Waals surface area (Å²) in [4.78, 5) is 18.6. The van der Waals surface area contributed by atoms with E-state index >= 15 is 0 Å². The maximum Gasteiger partial charge on any atom is 0.226 e. The maximum absolute atomic E-state index is 12.4. The zero-order valence-corrected chi connectivity index (χ0v) is 12.8. The average Bonchev–Trinajstić information content (AvgIpc) is 3.22. The van der Waals surface area contributed by atoms with E-state index in [1.165, 1.54) is 0 Å². The third kappa shape index (κ3) is 3.52. The second-order valence-corrected chi connectivity index (χ2v) is 5.70. The molecule has 22 heavy (non-hydrogen) atoms. The van der Waals surface area contributed by atoms with Gasteiger partial charge in [0.15, 0.2) is 5.82 Å². The molecule has 1 atom stereocenters. The molecule has 7 heteroatoms. The molecule has 0 spiro atoms. The molecule has 0 aromatic carbocycles. The summed E-state index contributed by atoms with van der Waals surface area (Å²) in [6.07, 6.45) is 7.76. The molecule has 118 valence electrons. The molecule has 0 aliphatic carbocycles. The fourth-order valence-corrected chi connectivity index (χ4v) is 2.95. The van der Waals surface area contributed by atoms with Crippen molar-refractivity contribution < 1.29 is 9.32 Å². The summed E-state index contributed by atoms with van der Waals surface area (Å²) in [6, 6.07) is 2.17. The highest BCUT2D eigenvalue weighted by atomic mass is 16.5. The molecule has 1 aliphatic rings. The molecule has 1 amide bonds. The Bertz CT molecular complexity index is 607. The molecule has 1 fully saturated rings. The Labute approximate surface area is 129 Å². The normalized spacial score (nSPS) is 18.0. The summed E-state index contributed by atoms with van der Waals surface area (Å²) >= 11 is 0. The number of hydrogen-bond donors (Lipinski definition) is 0. The van der Waals surface area contributed by atoms with Crippen LogP contribution >= 0.6 is 0 Å². The average molecular weight is 303 g/mol. The number of rotatable bonds is 6. The Morgan fingerprint density at radius 3 is 3.14 bits per heavy atom. The molecule has 3 rings (SSSR count). The Morgan fingerprint density at radius 2 is 2.41 bits per heavy atom. The van der Waals surface area contributed by atoms with Crippen molar-refractivity contribution in [1.29, 1.82) is 0 Å². The number of amides is 1. The molecule has 0 N–H and O–H groups in total. The third-order valence-electron chi connectivity index (χ3n) is 4.01. The van der Waals surface area contributed by atoms with Gasteiger partial charge in [0.25, 0.3) is 0 Å². The van der Waals surface area contributed by atoms with E-state index in [4.69, 9.17) is 4.52 Å². The molecule has 1 saturated heterocycles. The lowest BCUT2D eigenvalue weighted by Gasteiger charge is -2.24. The van der Waals surface area contributed by atoms with Crippen LogP contribution in [0.15, 0.2) is 23.0 Å². The Morgan fingerprint density at radius 1 is 1.50 bits per heavy atom. The first-order valence-corrected chi connectivity index (χ1v) is 7.78. The Hall–Kier alpha value is -2.18. The van der Waals surface area contributed by atoms with Crippen LogP contribution in [-0.4, -0.2) is 43.3 Å². The first kappa shape index (κ1) is 14.7. The van der Waals surface area contributed by atoms with Gasteiger partial charge in [-0.3, -0.25) is 9.48 Å². The van der Waals surface area contributed by atoms with Crippen molar-refractivity contribution in [3.63, 3.8) is 0 Å². The third-order valence-corrected chi connectivity index (χ3v) is 4.01. The van der Waals surface area contributed by atoms with Crippen LogP contribution in [0.4, 0.5) is 0 Å². The minimum Gasteiger partial charge on any atom is -0.339 e. The van der Waals surface area contributed by atoms with E-state index in [1.807, 2.05) is 21.8 Å². The lowest BCUT2D eigenvalue weighted by molar-refractivity contribution is -0.132. The molecule has 0 bridgehead atoms. The van der Waals surface area contributed by atoms with Crippen LogP contribution in [0.25, 0.3) is 0 Å². The zero-order chi connectivity index (χ0) is 15.4. The standard InChI is InChI=1S/C15H21N5O2/c1-12-17-14(22-18-12)6-2-7-15(21)20-10-3-5-13(20)11-19-9-4-8-16-19/h4,8-9,13H,2-3,5-7,10-11H2,1H3/t13-/m1/s1. The van der Waals surface area contributed by atoms with Crippen molar-refractivity contribution in [1.82, 2.24) is 24.8 Å². The van der Waals surface area contributed by atoms with E-state index in [9.17, 15) is 4.79 Å². The van der Waals surface area contributed by atoms with Gasteiger partial charge in [-0.2, -0.15) is 10.1 Å². The summed E-state index contributed by atoms with van der Waals surface area (Å²) in [6.45, 7) is 3.42. The summed E-state index contributed by atoms with van der Waals surface area (Å²) in [7, 11) is 0. The predicted octanol–water partition coefficient (Wildman–Crippen LogP) is 1.59. The van der Waals surface area contributed by atoms with Gasteiger partial charge in [0.2, 0.25) is 11.8 Å². The number of likely N-dealkylation sites (tertiary alicyclic amines) is 1. The van der Waals surface area contributed by atoms with E-state index in [0.717, 1.165) is 32.4 Å². The smallest absolute Gasteiger partial charge is 0.226 e. The van der Waals surface area contributed by atoms with Crippen molar-refractivity contribution in [3.8, 4) is 0 Å². The minimum absolute atomic E-state index is 0.214. The second-order valence-electron chi connectivity index (χ2n) is 5.70. The quantitative estimate of drug-likeness (QED) is 0.810. The highest BCUT2D eigenvalue weighted by molar-refractivity contribution is 5.76. The lowest BCUT2D eigenvalue weighted by Crippen LogP contribution is -2.38. The van der Waals surface area contributed by atoms with Gasteiger partial charge in [-0.05, 0) is 32.3 Å². The van der Waals surface area contributed by atoms with Gasteiger partial charge in [0, 0.05) is 31.8 Å². The van der Waals surface area contributed by atoms with Crippen LogP contribution in [0.2, 0.25) is 0 Å². The highest BCUT2D eigenvalue weighted by Gasteiger charge is 2.28. The van der Waals surface area contributed by atoms with Crippen LogP contribution in [0.5, 0.6) is 0 Å². The first-order valence-electron chi connectivity index (χ1n) is 7.78. The molecule has 0 saturated carbocycles. The number of aryl methyl sites for hydroxylation is 2. The van der Waals surface area contributed by atoms with E-state index < -0.39 is 0 Å². The Balaban J connectivity index is 1.48. The van der Waals surface area contributed by atoms with Gasteiger partial charge < -0.3 is 9.42 Å². The number of hydrogen-bond acceptors (Lipinski definition) is 5.